The minimum Gasteiger partial charge on any atom is -0.478 e. The third-order valence-electron chi connectivity index (χ3n) is 2.92. The third kappa shape index (κ3) is 4.26. The molecule has 0 atom stereocenters. The number of aromatic nitrogens is 2. The van der Waals surface area contributed by atoms with Gasteiger partial charge in [-0.2, -0.15) is 0 Å². The van der Waals surface area contributed by atoms with E-state index in [1.807, 2.05) is 27.7 Å². The molecule has 0 saturated carbocycles. The van der Waals surface area contributed by atoms with Gasteiger partial charge in [-0.25, -0.2) is 9.59 Å². The zero-order valence-corrected chi connectivity index (χ0v) is 14.9. The smallest absolute Gasteiger partial charge is 0.338 e. The molecule has 7 nitrogen and oxygen atoms in total. The summed E-state index contributed by atoms with van der Waals surface area (Å²) in [7, 11) is 0. The molecule has 2 aromatic heterocycles. The van der Waals surface area contributed by atoms with E-state index in [9.17, 15) is 14.7 Å². The fourth-order valence-corrected chi connectivity index (χ4v) is 3.47. The maximum Gasteiger partial charge on any atom is 0.338 e. The van der Waals surface area contributed by atoms with Crippen LogP contribution in [-0.4, -0.2) is 27.3 Å². The fourth-order valence-electron chi connectivity index (χ4n) is 1.69. The van der Waals surface area contributed by atoms with Crippen LogP contribution in [0.15, 0.2) is 6.07 Å². The van der Waals surface area contributed by atoms with Crippen LogP contribution >= 0.6 is 22.7 Å². The minimum absolute atomic E-state index is 0.0848. The molecule has 0 aliphatic heterocycles. The molecular weight excluding hydrogens is 336 g/mol. The van der Waals surface area contributed by atoms with E-state index < -0.39 is 12.0 Å². The number of rotatable bonds is 4. The number of urea groups is 1. The highest BCUT2D eigenvalue weighted by Crippen LogP contribution is 2.36. The van der Waals surface area contributed by atoms with Crippen molar-refractivity contribution in [2.75, 3.05) is 10.6 Å². The van der Waals surface area contributed by atoms with Gasteiger partial charge in [-0.3, -0.25) is 10.6 Å². The van der Waals surface area contributed by atoms with Crippen LogP contribution in [0.1, 0.15) is 47.9 Å². The van der Waals surface area contributed by atoms with Crippen molar-refractivity contribution in [3.63, 3.8) is 0 Å². The number of nitrogens with one attached hydrogen (secondary N) is 2. The molecule has 0 saturated heterocycles. The highest BCUT2D eigenvalue weighted by molar-refractivity contribution is 7.17. The Morgan fingerprint density at radius 3 is 2.43 bits per heavy atom. The van der Waals surface area contributed by atoms with Crippen LogP contribution in [0.25, 0.3) is 0 Å². The van der Waals surface area contributed by atoms with Gasteiger partial charge in [0.25, 0.3) is 0 Å². The van der Waals surface area contributed by atoms with Crippen molar-refractivity contribution in [1.29, 1.82) is 0 Å². The Hall–Kier alpha value is -2.00. The molecular formula is C14H18N4O3S2. The Morgan fingerprint density at radius 2 is 1.91 bits per heavy atom. The molecule has 0 aromatic carbocycles. The number of hydrogen-bond donors (Lipinski definition) is 3. The maximum atomic E-state index is 12.0. The summed E-state index contributed by atoms with van der Waals surface area (Å²) in [6, 6.07) is 1.07. The van der Waals surface area contributed by atoms with E-state index >= 15 is 0 Å². The SMILES string of the molecule is CCc1nnc(NC(=O)Nc2sc(C(C)(C)C)cc2C(=O)O)s1. The number of anilines is 2. The van der Waals surface area contributed by atoms with Crippen LogP contribution in [-0.2, 0) is 11.8 Å². The molecule has 9 heteroatoms. The van der Waals surface area contributed by atoms with Gasteiger partial charge in [-0.15, -0.1) is 21.5 Å². The van der Waals surface area contributed by atoms with Crippen molar-refractivity contribution in [3.05, 3.63) is 21.5 Å². The number of hydrogen-bond acceptors (Lipinski definition) is 6. The predicted molar refractivity (Wildman–Crippen MR) is 91.9 cm³/mol. The molecule has 23 heavy (non-hydrogen) atoms. The highest BCUT2D eigenvalue weighted by atomic mass is 32.1. The van der Waals surface area contributed by atoms with Crippen LogP contribution < -0.4 is 10.6 Å². The van der Waals surface area contributed by atoms with Gasteiger partial charge in [0, 0.05) is 4.88 Å². The van der Waals surface area contributed by atoms with Crippen LogP contribution in [0.4, 0.5) is 14.9 Å². The second kappa shape index (κ2) is 6.63. The summed E-state index contributed by atoms with van der Waals surface area (Å²) >= 11 is 2.54. The summed E-state index contributed by atoms with van der Waals surface area (Å²) < 4.78 is 0. The van der Waals surface area contributed by atoms with E-state index in [0.717, 1.165) is 16.3 Å². The van der Waals surface area contributed by atoms with Crippen LogP contribution in [0.2, 0.25) is 0 Å². The summed E-state index contributed by atoms with van der Waals surface area (Å²) in [6.07, 6.45) is 0.740. The first-order valence-electron chi connectivity index (χ1n) is 6.98. The zero-order valence-electron chi connectivity index (χ0n) is 13.3. The van der Waals surface area contributed by atoms with Crippen LogP contribution in [0.3, 0.4) is 0 Å². The quantitative estimate of drug-likeness (QED) is 0.774. The van der Waals surface area contributed by atoms with Gasteiger partial charge in [0.05, 0.1) is 5.56 Å². The number of amides is 2. The van der Waals surface area contributed by atoms with Gasteiger partial charge in [0.1, 0.15) is 10.0 Å². The number of carboxylic acids is 1. The molecule has 0 spiro atoms. The van der Waals surface area contributed by atoms with Gasteiger partial charge < -0.3 is 5.11 Å². The molecule has 124 valence electrons. The van der Waals surface area contributed by atoms with Gasteiger partial charge in [-0.1, -0.05) is 39.0 Å². The lowest BCUT2D eigenvalue weighted by Crippen LogP contribution is -2.19. The molecule has 2 amide bonds. The third-order valence-corrected chi connectivity index (χ3v) is 5.38. The van der Waals surface area contributed by atoms with Crippen molar-refractivity contribution in [2.45, 2.75) is 39.5 Å². The molecule has 3 N–H and O–H groups in total. The molecule has 2 heterocycles. The van der Waals surface area contributed by atoms with E-state index in [2.05, 4.69) is 20.8 Å². The molecule has 0 bridgehead atoms. The summed E-state index contributed by atoms with van der Waals surface area (Å²) in [5.74, 6) is -1.07. The molecule has 0 aliphatic carbocycles. The number of thiophene rings is 1. The summed E-state index contributed by atoms with van der Waals surface area (Å²) in [5.41, 5.74) is -0.109. The zero-order chi connectivity index (χ0) is 17.2. The monoisotopic (exact) mass is 354 g/mol. The molecule has 2 aromatic rings. The minimum atomic E-state index is -1.07. The molecule has 0 aliphatic rings. The van der Waals surface area contributed by atoms with Crippen molar-refractivity contribution < 1.29 is 14.7 Å². The Bertz CT molecular complexity index is 731. The van der Waals surface area contributed by atoms with E-state index in [1.165, 1.54) is 22.7 Å². The van der Waals surface area contributed by atoms with Crippen molar-refractivity contribution >= 4 is 44.8 Å². The highest BCUT2D eigenvalue weighted by Gasteiger charge is 2.23. The number of aryl methyl sites for hydroxylation is 1. The summed E-state index contributed by atoms with van der Waals surface area (Å²) in [5, 5.41) is 23.7. The standard InChI is InChI=1S/C14H18N4O3S2/c1-5-9-17-18-13(23-9)16-12(21)15-10-7(11(19)20)6-8(22-10)14(2,3)4/h6H,5H2,1-4H3,(H,19,20)(H2,15,16,18,21). The van der Waals surface area contributed by atoms with Crippen molar-refractivity contribution in [2.24, 2.45) is 0 Å². The van der Waals surface area contributed by atoms with Gasteiger partial charge in [-0.05, 0) is 17.9 Å². The number of carbonyl (C=O) groups excluding carboxylic acids is 1. The number of carboxylic acid groups (broad SMARTS) is 1. The molecule has 0 radical (unpaired) electrons. The van der Waals surface area contributed by atoms with Crippen molar-refractivity contribution in [1.82, 2.24) is 10.2 Å². The largest absolute Gasteiger partial charge is 0.478 e. The molecule has 0 unspecified atom stereocenters. The first-order chi connectivity index (χ1) is 10.7. The van der Waals surface area contributed by atoms with Crippen LogP contribution in [0.5, 0.6) is 0 Å². The lowest BCUT2D eigenvalue weighted by molar-refractivity contribution is 0.0698. The average Bonchev–Trinajstić information content (AvgIpc) is 3.04. The lowest BCUT2D eigenvalue weighted by Gasteiger charge is -2.15. The second-order valence-corrected chi connectivity index (χ2v) is 7.96. The maximum absolute atomic E-state index is 12.0. The average molecular weight is 354 g/mol. The van der Waals surface area contributed by atoms with E-state index in [-0.39, 0.29) is 11.0 Å². The summed E-state index contributed by atoms with van der Waals surface area (Å²) in [4.78, 5) is 24.3. The Kier molecular flexibility index (Phi) is 5.00. The molecule has 0 fully saturated rings. The topological polar surface area (TPSA) is 104 Å². The first-order valence-corrected chi connectivity index (χ1v) is 8.62. The summed E-state index contributed by atoms with van der Waals surface area (Å²) in [6.45, 7) is 7.91. The molecule has 2 rings (SSSR count). The second-order valence-electron chi connectivity index (χ2n) is 5.84. The van der Waals surface area contributed by atoms with Gasteiger partial charge in [0.15, 0.2) is 0 Å². The van der Waals surface area contributed by atoms with Gasteiger partial charge in [0.2, 0.25) is 5.13 Å². The lowest BCUT2D eigenvalue weighted by atomic mass is 9.94. The number of aromatic carboxylic acids is 1. The Balaban J connectivity index is 2.16. The number of nitrogens with zero attached hydrogens (tertiary/aromatic N) is 2. The van der Waals surface area contributed by atoms with Crippen LogP contribution in [0, 0.1) is 0 Å². The first kappa shape index (κ1) is 17.4. The van der Waals surface area contributed by atoms with E-state index in [4.69, 9.17) is 0 Å². The Morgan fingerprint density at radius 1 is 1.22 bits per heavy atom. The van der Waals surface area contributed by atoms with E-state index in [1.54, 1.807) is 6.07 Å². The fraction of sp³-hybridized carbons (Fsp3) is 0.429. The number of carbonyl (C=O) groups is 2. The van der Waals surface area contributed by atoms with Gasteiger partial charge >= 0.3 is 12.0 Å². The normalized spacial score (nSPS) is 11.3. The predicted octanol–water partition coefficient (Wildman–Crippen LogP) is 3.80. The van der Waals surface area contributed by atoms with E-state index in [0.29, 0.717) is 10.1 Å². The Labute approximate surface area is 141 Å². The van der Waals surface area contributed by atoms with Crippen molar-refractivity contribution in [3.8, 4) is 0 Å².